The number of aromatic carboxylic acids is 1. The number of hydrogen-bond donors (Lipinski definition) is 2. The molecule has 5 heteroatoms. The number of nitrogens with one attached hydrogen (secondary N) is 1. The lowest BCUT2D eigenvalue weighted by atomic mass is 10.1. The van der Waals surface area contributed by atoms with Crippen LogP contribution in [0.4, 0.5) is 5.69 Å². The second-order valence-corrected chi connectivity index (χ2v) is 4.65. The zero-order valence-electron chi connectivity index (χ0n) is 12.6. The Morgan fingerprint density at radius 3 is 2.50 bits per heavy atom. The van der Waals surface area contributed by atoms with Crippen molar-refractivity contribution >= 4 is 11.7 Å². The molecule has 0 aromatic heterocycles. The first-order chi connectivity index (χ1) is 10.6. The van der Waals surface area contributed by atoms with Gasteiger partial charge in [0, 0.05) is 6.54 Å². The summed E-state index contributed by atoms with van der Waals surface area (Å²) in [6.07, 6.45) is 0. The van der Waals surface area contributed by atoms with Crippen molar-refractivity contribution in [3.8, 4) is 11.5 Å². The van der Waals surface area contributed by atoms with Crippen molar-refractivity contribution in [3.05, 3.63) is 53.6 Å². The van der Waals surface area contributed by atoms with Crippen molar-refractivity contribution in [3.63, 3.8) is 0 Å². The highest BCUT2D eigenvalue weighted by Gasteiger charge is 2.08. The minimum Gasteiger partial charge on any atom is -0.495 e. The molecule has 0 bridgehead atoms. The SMILES string of the molecule is CCOc1ccc(CNc2cc(C(=O)O)ccc2OC)cc1. The average Bonchev–Trinajstić information content (AvgIpc) is 2.54. The Morgan fingerprint density at radius 2 is 1.91 bits per heavy atom. The summed E-state index contributed by atoms with van der Waals surface area (Å²) < 4.78 is 10.6. The van der Waals surface area contributed by atoms with E-state index in [1.807, 2.05) is 31.2 Å². The molecule has 0 aliphatic carbocycles. The molecule has 2 rings (SSSR count). The molecule has 0 aliphatic heterocycles. The molecule has 0 saturated heterocycles. The molecule has 0 aliphatic rings. The van der Waals surface area contributed by atoms with Gasteiger partial charge in [-0.05, 0) is 42.8 Å². The normalized spacial score (nSPS) is 10.1. The van der Waals surface area contributed by atoms with E-state index in [-0.39, 0.29) is 5.56 Å². The van der Waals surface area contributed by atoms with Gasteiger partial charge >= 0.3 is 5.97 Å². The summed E-state index contributed by atoms with van der Waals surface area (Å²) in [4.78, 5) is 11.0. The van der Waals surface area contributed by atoms with Gasteiger partial charge in [0.1, 0.15) is 11.5 Å². The standard InChI is InChI=1S/C17H19NO4/c1-3-22-14-7-4-12(5-8-14)11-18-15-10-13(17(19)20)6-9-16(15)21-2/h4-10,18H,3,11H2,1-2H3,(H,19,20). The maximum atomic E-state index is 11.0. The number of benzene rings is 2. The minimum atomic E-state index is -0.966. The topological polar surface area (TPSA) is 67.8 Å². The second kappa shape index (κ2) is 7.36. The Labute approximate surface area is 129 Å². The molecule has 2 aromatic rings. The molecule has 22 heavy (non-hydrogen) atoms. The highest BCUT2D eigenvalue weighted by Crippen LogP contribution is 2.26. The van der Waals surface area contributed by atoms with E-state index >= 15 is 0 Å². The molecule has 0 amide bonds. The number of carbonyl (C=O) groups is 1. The van der Waals surface area contributed by atoms with Crippen LogP contribution >= 0.6 is 0 Å². The lowest BCUT2D eigenvalue weighted by molar-refractivity contribution is 0.0697. The van der Waals surface area contributed by atoms with E-state index in [0.717, 1.165) is 11.3 Å². The summed E-state index contributed by atoms with van der Waals surface area (Å²) in [5.74, 6) is 0.472. The lowest BCUT2D eigenvalue weighted by Gasteiger charge is -2.12. The molecule has 0 spiro atoms. The Bertz CT molecular complexity index is 638. The molecule has 0 fully saturated rings. The van der Waals surface area contributed by atoms with E-state index < -0.39 is 5.97 Å². The monoisotopic (exact) mass is 301 g/mol. The molecule has 2 aromatic carbocycles. The van der Waals surface area contributed by atoms with Crippen LogP contribution in [0.25, 0.3) is 0 Å². The highest BCUT2D eigenvalue weighted by atomic mass is 16.5. The molecule has 116 valence electrons. The summed E-state index contributed by atoms with van der Waals surface area (Å²) in [5, 5.41) is 12.3. The average molecular weight is 301 g/mol. The molecule has 2 N–H and O–H groups in total. The van der Waals surface area contributed by atoms with Crippen LogP contribution in [0.15, 0.2) is 42.5 Å². The third-order valence-corrected chi connectivity index (χ3v) is 3.16. The number of hydrogen-bond acceptors (Lipinski definition) is 4. The zero-order chi connectivity index (χ0) is 15.9. The maximum absolute atomic E-state index is 11.0. The summed E-state index contributed by atoms with van der Waals surface area (Å²) >= 11 is 0. The van der Waals surface area contributed by atoms with Crippen molar-refractivity contribution in [2.24, 2.45) is 0 Å². The van der Waals surface area contributed by atoms with Crippen LogP contribution < -0.4 is 14.8 Å². The predicted molar refractivity (Wildman–Crippen MR) is 84.9 cm³/mol. The first-order valence-corrected chi connectivity index (χ1v) is 7.01. The molecule has 0 heterocycles. The number of ether oxygens (including phenoxy) is 2. The van der Waals surface area contributed by atoms with Crippen LogP contribution in [0.1, 0.15) is 22.8 Å². The molecule has 0 radical (unpaired) electrons. The summed E-state index contributed by atoms with van der Waals surface area (Å²) in [7, 11) is 1.55. The quantitative estimate of drug-likeness (QED) is 0.820. The Morgan fingerprint density at radius 1 is 1.18 bits per heavy atom. The first-order valence-electron chi connectivity index (χ1n) is 7.01. The fraction of sp³-hybridized carbons (Fsp3) is 0.235. The third kappa shape index (κ3) is 3.91. The van der Waals surface area contributed by atoms with E-state index in [4.69, 9.17) is 14.6 Å². The van der Waals surface area contributed by atoms with Gasteiger partial charge < -0.3 is 19.9 Å². The second-order valence-electron chi connectivity index (χ2n) is 4.65. The summed E-state index contributed by atoms with van der Waals surface area (Å²) in [6, 6.07) is 12.5. The number of carboxylic acids is 1. The van der Waals surface area contributed by atoms with Gasteiger partial charge in [-0.25, -0.2) is 4.79 Å². The highest BCUT2D eigenvalue weighted by molar-refractivity contribution is 5.89. The van der Waals surface area contributed by atoms with Gasteiger partial charge in [-0.15, -0.1) is 0 Å². The van der Waals surface area contributed by atoms with Gasteiger partial charge in [-0.1, -0.05) is 12.1 Å². The van der Waals surface area contributed by atoms with E-state index in [1.165, 1.54) is 6.07 Å². The largest absolute Gasteiger partial charge is 0.495 e. The minimum absolute atomic E-state index is 0.218. The van der Waals surface area contributed by atoms with Gasteiger partial charge in [-0.2, -0.15) is 0 Å². The van der Waals surface area contributed by atoms with Crippen LogP contribution in [0.5, 0.6) is 11.5 Å². The van der Waals surface area contributed by atoms with Crippen molar-refractivity contribution < 1.29 is 19.4 Å². The smallest absolute Gasteiger partial charge is 0.335 e. The van der Waals surface area contributed by atoms with Crippen LogP contribution in [-0.4, -0.2) is 24.8 Å². The van der Waals surface area contributed by atoms with Gasteiger partial charge in [0.2, 0.25) is 0 Å². The number of anilines is 1. The van der Waals surface area contributed by atoms with Crippen molar-refractivity contribution in [1.82, 2.24) is 0 Å². The van der Waals surface area contributed by atoms with E-state index in [2.05, 4.69) is 5.32 Å². The lowest BCUT2D eigenvalue weighted by Crippen LogP contribution is -2.04. The molecule has 0 saturated carbocycles. The summed E-state index contributed by atoms with van der Waals surface area (Å²) in [6.45, 7) is 3.14. The Kier molecular flexibility index (Phi) is 5.25. The molecule has 5 nitrogen and oxygen atoms in total. The van der Waals surface area contributed by atoms with Crippen molar-refractivity contribution in [2.45, 2.75) is 13.5 Å². The van der Waals surface area contributed by atoms with Crippen molar-refractivity contribution in [2.75, 3.05) is 19.0 Å². The van der Waals surface area contributed by atoms with Crippen LogP contribution in [-0.2, 0) is 6.54 Å². The van der Waals surface area contributed by atoms with Gasteiger partial charge in [-0.3, -0.25) is 0 Å². The maximum Gasteiger partial charge on any atom is 0.335 e. The van der Waals surface area contributed by atoms with Gasteiger partial charge in [0.15, 0.2) is 0 Å². The van der Waals surface area contributed by atoms with Crippen LogP contribution in [0.3, 0.4) is 0 Å². The fourth-order valence-electron chi connectivity index (χ4n) is 2.05. The first kappa shape index (κ1) is 15.7. The Balaban J connectivity index is 2.09. The van der Waals surface area contributed by atoms with E-state index in [0.29, 0.717) is 24.6 Å². The molecule has 0 atom stereocenters. The zero-order valence-corrected chi connectivity index (χ0v) is 12.6. The number of carboxylic acid groups (broad SMARTS) is 1. The predicted octanol–water partition coefficient (Wildman–Crippen LogP) is 3.40. The van der Waals surface area contributed by atoms with Gasteiger partial charge in [0.05, 0.1) is 25.0 Å². The third-order valence-electron chi connectivity index (χ3n) is 3.16. The summed E-state index contributed by atoms with van der Waals surface area (Å²) in [5.41, 5.74) is 1.93. The van der Waals surface area contributed by atoms with Crippen LogP contribution in [0.2, 0.25) is 0 Å². The van der Waals surface area contributed by atoms with Crippen molar-refractivity contribution in [1.29, 1.82) is 0 Å². The number of rotatable bonds is 7. The van der Waals surface area contributed by atoms with Crippen LogP contribution in [0, 0.1) is 0 Å². The molecular formula is C17H19NO4. The van der Waals surface area contributed by atoms with E-state index in [1.54, 1.807) is 19.2 Å². The van der Waals surface area contributed by atoms with E-state index in [9.17, 15) is 4.79 Å². The van der Waals surface area contributed by atoms with Gasteiger partial charge in [0.25, 0.3) is 0 Å². The molecule has 0 unspecified atom stereocenters. The molecular weight excluding hydrogens is 282 g/mol. The number of methoxy groups -OCH3 is 1. The fourth-order valence-corrected chi connectivity index (χ4v) is 2.05. The Hall–Kier alpha value is -2.69.